The fraction of sp³-hybridized carbons (Fsp3) is 0.462. The molecule has 0 saturated carbocycles. The molecule has 0 spiro atoms. The van der Waals surface area contributed by atoms with E-state index in [1.165, 1.54) is 0 Å². The van der Waals surface area contributed by atoms with Crippen molar-refractivity contribution in [3.8, 4) is 5.75 Å². The van der Waals surface area contributed by atoms with E-state index in [0.717, 1.165) is 24.9 Å². The number of para-hydroxylation sites is 1. The predicted molar refractivity (Wildman–Crippen MR) is 67.6 cm³/mol. The van der Waals surface area contributed by atoms with E-state index in [2.05, 4.69) is 0 Å². The molecule has 92 valence electrons. The minimum Gasteiger partial charge on any atom is -0.507 e. The zero-order valence-corrected chi connectivity index (χ0v) is 10.6. The SMILES string of the molecule is Cc1cccc(C(=O)N2CCCC2CCl)c1O. The summed E-state index contributed by atoms with van der Waals surface area (Å²) in [4.78, 5) is 14.1. The molecule has 1 aliphatic heterocycles. The van der Waals surface area contributed by atoms with Crippen molar-refractivity contribution in [2.24, 2.45) is 0 Å². The Morgan fingerprint density at radius 2 is 2.35 bits per heavy atom. The summed E-state index contributed by atoms with van der Waals surface area (Å²) in [6.07, 6.45) is 1.93. The summed E-state index contributed by atoms with van der Waals surface area (Å²) in [5.41, 5.74) is 1.10. The van der Waals surface area contributed by atoms with E-state index in [4.69, 9.17) is 11.6 Å². The molecule has 4 heteroatoms. The van der Waals surface area contributed by atoms with E-state index >= 15 is 0 Å². The van der Waals surface area contributed by atoms with Crippen molar-refractivity contribution in [2.75, 3.05) is 12.4 Å². The maximum absolute atomic E-state index is 12.3. The summed E-state index contributed by atoms with van der Waals surface area (Å²) in [7, 11) is 0. The highest BCUT2D eigenvalue weighted by Gasteiger charge is 2.30. The van der Waals surface area contributed by atoms with Gasteiger partial charge in [-0.1, -0.05) is 12.1 Å². The molecule has 1 fully saturated rings. The van der Waals surface area contributed by atoms with Gasteiger partial charge in [-0.25, -0.2) is 0 Å². The molecule has 1 amide bonds. The number of phenolic OH excluding ortho intramolecular Hbond substituents is 1. The third-order valence-electron chi connectivity index (χ3n) is 3.28. The molecule has 17 heavy (non-hydrogen) atoms. The van der Waals surface area contributed by atoms with Crippen molar-refractivity contribution in [1.82, 2.24) is 4.90 Å². The molecule has 1 unspecified atom stereocenters. The van der Waals surface area contributed by atoms with Crippen molar-refractivity contribution < 1.29 is 9.90 Å². The zero-order valence-electron chi connectivity index (χ0n) is 9.82. The molecule has 3 nitrogen and oxygen atoms in total. The number of carbonyl (C=O) groups excluding carboxylic acids is 1. The highest BCUT2D eigenvalue weighted by atomic mass is 35.5. The van der Waals surface area contributed by atoms with Crippen LogP contribution in [-0.4, -0.2) is 34.4 Å². The van der Waals surface area contributed by atoms with Crippen LogP contribution in [0.25, 0.3) is 0 Å². The van der Waals surface area contributed by atoms with Crippen LogP contribution in [0.15, 0.2) is 18.2 Å². The minimum atomic E-state index is -0.116. The smallest absolute Gasteiger partial charge is 0.257 e. The number of alkyl halides is 1. The van der Waals surface area contributed by atoms with Gasteiger partial charge in [0.25, 0.3) is 5.91 Å². The summed E-state index contributed by atoms with van der Waals surface area (Å²) in [6, 6.07) is 5.33. The summed E-state index contributed by atoms with van der Waals surface area (Å²) in [5.74, 6) is 0.422. The number of aryl methyl sites for hydroxylation is 1. The van der Waals surface area contributed by atoms with E-state index in [9.17, 15) is 9.90 Å². The van der Waals surface area contributed by atoms with Gasteiger partial charge in [-0.05, 0) is 31.4 Å². The minimum absolute atomic E-state index is 0.0812. The second-order valence-electron chi connectivity index (χ2n) is 4.42. The van der Waals surface area contributed by atoms with Crippen molar-refractivity contribution in [2.45, 2.75) is 25.8 Å². The van der Waals surface area contributed by atoms with Crippen LogP contribution in [0.1, 0.15) is 28.8 Å². The van der Waals surface area contributed by atoms with Crippen molar-refractivity contribution in [3.05, 3.63) is 29.3 Å². The number of rotatable bonds is 2. The molecule has 1 aliphatic rings. The third kappa shape index (κ3) is 2.25. The molecule has 0 aliphatic carbocycles. The highest BCUT2D eigenvalue weighted by Crippen LogP contribution is 2.27. The molecule has 1 aromatic rings. The van der Waals surface area contributed by atoms with Crippen LogP contribution in [0, 0.1) is 6.92 Å². The van der Waals surface area contributed by atoms with Gasteiger partial charge in [0.15, 0.2) is 0 Å². The lowest BCUT2D eigenvalue weighted by molar-refractivity contribution is 0.0746. The summed E-state index contributed by atoms with van der Waals surface area (Å²) >= 11 is 5.85. The topological polar surface area (TPSA) is 40.5 Å². The normalized spacial score (nSPS) is 19.6. The number of hydrogen-bond acceptors (Lipinski definition) is 2. The first-order valence-corrected chi connectivity index (χ1v) is 6.34. The molecule has 0 aromatic heterocycles. The Hall–Kier alpha value is -1.22. The zero-order chi connectivity index (χ0) is 12.4. The number of halogens is 1. The van der Waals surface area contributed by atoms with E-state index in [-0.39, 0.29) is 17.7 Å². The van der Waals surface area contributed by atoms with Gasteiger partial charge < -0.3 is 10.0 Å². The molecule has 1 heterocycles. The standard InChI is InChI=1S/C13H16ClNO2/c1-9-4-2-6-11(12(9)16)13(17)15-7-3-5-10(15)8-14/h2,4,6,10,16H,3,5,7-8H2,1H3. The first-order valence-electron chi connectivity index (χ1n) is 5.80. The van der Waals surface area contributed by atoms with Crippen LogP contribution < -0.4 is 0 Å². The van der Waals surface area contributed by atoms with Crippen LogP contribution >= 0.6 is 11.6 Å². The molecule has 2 rings (SSSR count). The highest BCUT2D eigenvalue weighted by molar-refractivity contribution is 6.18. The van der Waals surface area contributed by atoms with E-state index < -0.39 is 0 Å². The molecular weight excluding hydrogens is 238 g/mol. The average Bonchev–Trinajstić information content (AvgIpc) is 2.80. The number of aromatic hydroxyl groups is 1. The molecular formula is C13H16ClNO2. The number of hydrogen-bond donors (Lipinski definition) is 1. The van der Waals surface area contributed by atoms with Gasteiger partial charge in [0.1, 0.15) is 5.75 Å². The van der Waals surface area contributed by atoms with E-state index in [0.29, 0.717) is 11.4 Å². The Kier molecular flexibility index (Phi) is 3.57. The first kappa shape index (κ1) is 12.2. The van der Waals surface area contributed by atoms with Crippen LogP contribution in [0.5, 0.6) is 5.75 Å². The maximum Gasteiger partial charge on any atom is 0.257 e. The number of phenols is 1. The summed E-state index contributed by atoms with van der Waals surface area (Å²) in [6.45, 7) is 2.51. The van der Waals surface area contributed by atoms with Crippen molar-refractivity contribution >= 4 is 17.5 Å². The van der Waals surface area contributed by atoms with Gasteiger partial charge in [-0.2, -0.15) is 0 Å². The summed E-state index contributed by atoms with van der Waals surface area (Å²) in [5, 5.41) is 9.91. The number of nitrogens with zero attached hydrogens (tertiary/aromatic N) is 1. The van der Waals surface area contributed by atoms with Crippen LogP contribution in [0.4, 0.5) is 0 Å². The van der Waals surface area contributed by atoms with E-state index in [1.54, 1.807) is 30.0 Å². The third-order valence-corrected chi connectivity index (χ3v) is 3.64. The number of likely N-dealkylation sites (tertiary alicyclic amines) is 1. The Bertz CT molecular complexity index is 433. The van der Waals surface area contributed by atoms with Gasteiger partial charge in [-0.3, -0.25) is 4.79 Å². The Morgan fingerprint density at radius 1 is 1.59 bits per heavy atom. The summed E-state index contributed by atoms with van der Waals surface area (Å²) < 4.78 is 0. The largest absolute Gasteiger partial charge is 0.507 e. The van der Waals surface area contributed by atoms with Gasteiger partial charge in [-0.15, -0.1) is 11.6 Å². The molecule has 0 radical (unpaired) electrons. The quantitative estimate of drug-likeness (QED) is 0.823. The van der Waals surface area contributed by atoms with Crippen molar-refractivity contribution in [1.29, 1.82) is 0 Å². The molecule has 1 aromatic carbocycles. The Morgan fingerprint density at radius 3 is 3.06 bits per heavy atom. The average molecular weight is 254 g/mol. The number of benzene rings is 1. The van der Waals surface area contributed by atoms with Crippen LogP contribution in [-0.2, 0) is 0 Å². The lowest BCUT2D eigenvalue weighted by Gasteiger charge is -2.23. The molecule has 1 saturated heterocycles. The van der Waals surface area contributed by atoms with Gasteiger partial charge >= 0.3 is 0 Å². The fourth-order valence-corrected chi connectivity index (χ4v) is 2.57. The van der Waals surface area contributed by atoms with E-state index in [1.807, 2.05) is 0 Å². The lowest BCUT2D eigenvalue weighted by atomic mass is 10.1. The Labute approximate surface area is 106 Å². The number of amides is 1. The monoisotopic (exact) mass is 253 g/mol. The number of carbonyl (C=O) groups is 1. The lowest BCUT2D eigenvalue weighted by Crippen LogP contribution is -2.36. The second kappa shape index (κ2) is 4.96. The van der Waals surface area contributed by atoms with Crippen LogP contribution in [0.3, 0.4) is 0 Å². The predicted octanol–water partition coefficient (Wildman–Crippen LogP) is 2.54. The van der Waals surface area contributed by atoms with Gasteiger partial charge in [0.05, 0.1) is 5.56 Å². The van der Waals surface area contributed by atoms with Crippen LogP contribution in [0.2, 0.25) is 0 Å². The maximum atomic E-state index is 12.3. The first-order chi connectivity index (χ1) is 8.15. The second-order valence-corrected chi connectivity index (χ2v) is 4.73. The Balaban J connectivity index is 2.28. The van der Waals surface area contributed by atoms with Gasteiger partial charge in [0, 0.05) is 18.5 Å². The molecule has 1 atom stereocenters. The van der Waals surface area contributed by atoms with Gasteiger partial charge in [0.2, 0.25) is 0 Å². The molecule has 0 bridgehead atoms. The molecule has 1 N–H and O–H groups in total. The fourth-order valence-electron chi connectivity index (χ4n) is 2.25. The van der Waals surface area contributed by atoms with Crippen molar-refractivity contribution in [3.63, 3.8) is 0 Å².